The number of thiazole rings is 1. The number of carboxylic acids is 1. The number of nitrogens with zero attached hydrogens (tertiary/aromatic N) is 4. The summed E-state index contributed by atoms with van der Waals surface area (Å²) in [6.07, 6.45) is 3.98. The van der Waals surface area contributed by atoms with E-state index in [9.17, 15) is 20.4 Å². The molecule has 2 aromatic carbocycles. The number of benzene rings is 2. The second-order valence-corrected chi connectivity index (χ2v) is 9.57. The lowest BCUT2D eigenvalue weighted by Crippen LogP contribution is -2.23. The summed E-state index contributed by atoms with van der Waals surface area (Å²) in [5, 5.41) is 28.3. The molecule has 0 spiro atoms. The molecule has 168 valence electrons. The Morgan fingerprint density at radius 1 is 1.12 bits per heavy atom. The van der Waals surface area contributed by atoms with E-state index in [1.807, 2.05) is 74.7 Å². The average Bonchev–Trinajstić information content (AvgIpc) is 3.31. The van der Waals surface area contributed by atoms with Crippen LogP contribution in [0.25, 0.3) is 22.9 Å². The van der Waals surface area contributed by atoms with E-state index in [4.69, 9.17) is 0 Å². The van der Waals surface area contributed by atoms with Gasteiger partial charge >= 0.3 is 5.97 Å². The number of carboxylic acid groups (broad SMARTS) is 1. The molecule has 0 atom stereocenters. The maximum atomic E-state index is 11.7. The van der Waals surface area contributed by atoms with Crippen LogP contribution in [0.2, 0.25) is 0 Å². The fourth-order valence-electron chi connectivity index (χ4n) is 4.62. The standard InChI is InChI=1S/C27H22N4O2S/c1-16-19(26(32)33)10-11-20-23(16)27(2,3)22(31(20)4)13-12-21-24(17-8-6-5-7-9-17)30-25(34-21)18(14-28)15-29/h5-13H,1-4H3,(H,32,33). The molecule has 0 aliphatic carbocycles. The Morgan fingerprint density at radius 2 is 1.79 bits per heavy atom. The molecule has 2 heterocycles. The number of likely N-dealkylation sites (N-methyl/N-ethyl adjacent to an activating group) is 1. The molecule has 4 rings (SSSR count). The molecule has 0 amide bonds. The van der Waals surface area contributed by atoms with E-state index in [0.29, 0.717) is 15.9 Å². The van der Waals surface area contributed by atoms with Gasteiger partial charge in [0.1, 0.15) is 16.8 Å². The van der Waals surface area contributed by atoms with Crippen LogP contribution in [-0.4, -0.2) is 23.1 Å². The van der Waals surface area contributed by atoms with Crippen molar-refractivity contribution in [2.24, 2.45) is 0 Å². The molecule has 6 nitrogen and oxygen atoms in total. The van der Waals surface area contributed by atoms with Crippen molar-refractivity contribution in [2.75, 3.05) is 11.9 Å². The van der Waals surface area contributed by atoms with Crippen LogP contribution in [-0.2, 0) is 5.41 Å². The number of carbonyl (C=O) groups is 1. The molecule has 7 heteroatoms. The minimum atomic E-state index is -0.936. The van der Waals surface area contributed by atoms with E-state index in [1.165, 1.54) is 11.3 Å². The van der Waals surface area contributed by atoms with Gasteiger partial charge in [0, 0.05) is 29.4 Å². The van der Waals surface area contributed by atoms with Gasteiger partial charge in [0.15, 0.2) is 5.57 Å². The SMILES string of the molecule is Cc1c(C(=O)O)ccc2c1C(C)(C)C(=CC=c1sc(=C(C#N)C#N)nc1-c1ccccc1)N2C. The topological polar surface area (TPSA) is 101 Å². The quantitative estimate of drug-likeness (QED) is 0.624. The van der Waals surface area contributed by atoms with Crippen molar-refractivity contribution in [3.05, 3.63) is 80.1 Å². The fraction of sp³-hybridized carbons (Fsp3) is 0.185. The zero-order chi connectivity index (χ0) is 24.6. The van der Waals surface area contributed by atoms with Crippen molar-refractivity contribution in [1.29, 1.82) is 10.5 Å². The van der Waals surface area contributed by atoms with Crippen LogP contribution in [0.5, 0.6) is 0 Å². The van der Waals surface area contributed by atoms with E-state index in [1.54, 1.807) is 6.07 Å². The molecule has 3 aromatic rings. The first kappa shape index (κ1) is 23.0. The normalized spacial score (nSPS) is 15.6. The van der Waals surface area contributed by atoms with E-state index in [0.717, 1.165) is 32.6 Å². The van der Waals surface area contributed by atoms with Crippen molar-refractivity contribution >= 4 is 34.6 Å². The fourth-order valence-corrected chi connectivity index (χ4v) is 5.56. The molecular weight excluding hydrogens is 444 g/mol. The average molecular weight is 467 g/mol. The van der Waals surface area contributed by atoms with Gasteiger partial charge in [-0.05, 0) is 42.3 Å². The van der Waals surface area contributed by atoms with Crippen molar-refractivity contribution in [2.45, 2.75) is 26.2 Å². The number of aromatic nitrogens is 1. The van der Waals surface area contributed by atoms with Crippen molar-refractivity contribution in [1.82, 2.24) is 4.98 Å². The molecule has 1 aromatic heterocycles. The zero-order valence-electron chi connectivity index (χ0n) is 19.2. The van der Waals surface area contributed by atoms with E-state index >= 15 is 0 Å². The highest BCUT2D eigenvalue weighted by molar-refractivity contribution is 7.08. The molecule has 0 saturated heterocycles. The van der Waals surface area contributed by atoms with Crippen LogP contribution < -0.4 is 14.1 Å². The van der Waals surface area contributed by atoms with Gasteiger partial charge in [-0.25, -0.2) is 9.78 Å². The predicted octanol–water partition coefficient (Wildman–Crippen LogP) is 4.11. The van der Waals surface area contributed by atoms with Gasteiger partial charge in [-0.3, -0.25) is 0 Å². The van der Waals surface area contributed by atoms with Gasteiger partial charge in [-0.15, -0.1) is 11.3 Å². The molecule has 0 radical (unpaired) electrons. The first-order chi connectivity index (χ1) is 16.2. The smallest absolute Gasteiger partial charge is 0.335 e. The van der Waals surface area contributed by atoms with Crippen LogP contribution in [0, 0.1) is 29.6 Å². The highest BCUT2D eigenvalue weighted by atomic mass is 32.1. The summed E-state index contributed by atoms with van der Waals surface area (Å²) in [5.74, 6) is -0.936. The zero-order valence-corrected chi connectivity index (χ0v) is 20.1. The van der Waals surface area contributed by atoms with Crippen LogP contribution in [0.15, 0.2) is 54.2 Å². The maximum absolute atomic E-state index is 11.7. The highest BCUT2D eigenvalue weighted by Gasteiger charge is 2.40. The third-order valence-corrected chi connectivity index (χ3v) is 7.23. The highest BCUT2D eigenvalue weighted by Crippen LogP contribution is 2.49. The van der Waals surface area contributed by atoms with Crippen LogP contribution in [0.4, 0.5) is 5.69 Å². The van der Waals surface area contributed by atoms with Crippen molar-refractivity contribution in [3.63, 3.8) is 0 Å². The van der Waals surface area contributed by atoms with E-state index < -0.39 is 11.4 Å². The number of anilines is 1. The Bertz CT molecular complexity index is 1530. The molecule has 1 aliphatic heterocycles. The lowest BCUT2D eigenvalue weighted by Gasteiger charge is -2.24. The first-order valence-corrected chi connectivity index (χ1v) is 11.4. The number of allylic oxidation sites excluding steroid dienone is 2. The summed E-state index contributed by atoms with van der Waals surface area (Å²) < 4.78 is 1.22. The largest absolute Gasteiger partial charge is 0.478 e. The third kappa shape index (κ3) is 3.67. The van der Waals surface area contributed by atoms with Gasteiger partial charge < -0.3 is 10.0 Å². The molecule has 34 heavy (non-hydrogen) atoms. The summed E-state index contributed by atoms with van der Waals surface area (Å²) in [6.45, 7) is 6.02. The molecule has 0 saturated carbocycles. The second kappa shape index (κ2) is 8.62. The van der Waals surface area contributed by atoms with Gasteiger partial charge in [0.25, 0.3) is 0 Å². The summed E-state index contributed by atoms with van der Waals surface area (Å²) >= 11 is 1.30. The van der Waals surface area contributed by atoms with Crippen molar-refractivity contribution < 1.29 is 9.90 Å². The van der Waals surface area contributed by atoms with Crippen LogP contribution in [0.1, 0.15) is 35.3 Å². The number of nitriles is 2. The van der Waals surface area contributed by atoms with Gasteiger partial charge in [0.05, 0.1) is 15.8 Å². The molecule has 0 bridgehead atoms. The maximum Gasteiger partial charge on any atom is 0.335 e. The molecule has 1 N–H and O–H groups in total. The number of hydrogen-bond acceptors (Lipinski definition) is 6. The minimum absolute atomic E-state index is 0.0166. The van der Waals surface area contributed by atoms with Crippen molar-refractivity contribution in [3.8, 4) is 23.4 Å². The minimum Gasteiger partial charge on any atom is -0.478 e. The summed E-state index contributed by atoms with van der Waals surface area (Å²) in [6, 6.07) is 17.0. The van der Waals surface area contributed by atoms with Crippen LogP contribution >= 0.6 is 11.3 Å². The van der Waals surface area contributed by atoms with Gasteiger partial charge in [-0.2, -0.15) is 10.5 Å². The number of hydrogen-bond donors (Lipinski definition) is 1. The Kier molecular flexibility index (Phi) is 5.83. The Morgan fingerprint density at radius 3 is 2.41 bits per heavy atom. The molecule has 1 aliphatic rings. The molecule has 0 fully saturated rings. The first-order valence-electron chi connectivity index (χ1n) is 10.6. The van der Waals surface area contributed by atoms with Gasteiger partial charge in [0.2, 0.25) is 0 Å². The second-order valence-electron chi connectivity index (χ2n) is 8.54. The van der Waals surface area contributed by atoms with Gasteiger partial charge in [-0.1, -0.05) is 44.2 Å². The summed E-state index contributed by atoms with van der Waals surface area (Å²) in [5.41, 5.74) is 5.21. The Labute approximate surface area is 201 Å². The van der Waals surface area contributed by atoms with E-state index in [-0.39, 0.29) is 5.57 Å². The Balaban J connectivity index is 1.93. The van der Waals surface area contributed by atoms with E-state index in [2.05, 4.69) is 23.7 Å². The monoisotopic (exact) mass is 466 g/mol. The summed E-state index contributed by atoms with van der Waals surface area (Å²) in [7, 11) is 1.97. The number of fused-ring (bicyclic) bond motifs is 1. The lowest BCUT2D eigenvalue weighted by molar-refractivity contribution is 0.0696. The number of rotatable bonds is 3. The lowest BCUT2D eigenvalue weighted by atomic mass is 9.80. The Hall–Kier alpha value is -4.20. The number of aromatic carboxylic acids is 1. The van der Waals surface area contributed by atoms with Crippen LogP contribution in [0.3, 0.4) is 0 Å². The third-order valence-electron chi connectivity index (χ3n) is 6.19. The predicted molar refractivity (Wildman–Crippen MR) is 134 cm³/mol. The summed E-state index contributed by atoms with van der Waals surface area (Å²) in [4.78, 5) is 18.4. The molecule has 0 unspecified atom stereocenters. The molecular formula is C27H22N4O2S.